The fraction of sp³-hybridized carbons (Fsp3) is 0.194. The Bertz CT molecular complexity index is 2000. The summed E-state index contributed by atoms with van der Waals surface area (Å²) in [7, 11) is -3.17. The zero-order valence-corrected chi connectivity index (χ0v) is 23.5. The molecule has 4 heterocycles. The summed E-state index contributed by atoms with van der Waals surface area (Å²) >= 11 is 0. The number of fused-ring (bicyclic) bond motifs is 2. The van der Waals surface area contributed by atoms with E-state index in [0.717, 1.165) is 68.5 Å². The third-order valence-corrected chi connectivity index (χ3v) is 8.05. The molecule has 0 saturated heterocycles. The molecule has 3 N–H and O–H groups in total. The number of aromatic amines is 2. The number of pyridine rings is 2. The molecule has 2 aromatic carbocycles. The number of nitrogens with zero attached hydrogens (tertiary/aromatic N) is 3. The molecule has 0 amide bonds. The van der Waals surface area contributed by atoms with Gasteiger partial charge in [-0.05, 0) is 71.6 Å². The lowest BCUT2D eigenvalue weighted by Gasteiger charge is -2.07. The normalized spacial score (nSPS) is 12.0. The lowest BCUT2D eigenvalue weighted by atomic mass is 10.00. The van der Waals surface area contributed by atoms with E-state index in [0.29, 0.717) is 11.1 Å². The first-order valence-electron chi connectivity index (χ1n) is 13.4. The first-order chi connectivity index (χ1) is 19.8. The zero-order chi connectivity index (χ0) is 28.6. The van der Waals surface area contributed by atoms with Crippen molar-refractivity contribution in [1.82, 2.24) is 30.5 Å². The van der Waals surface area contributed by atoms with Crippen molar-refractivity contribution in [2.24, 2.45) is 0 Å². The van der Waals surface area contributed by atoms with E-state index >= 15 is 0 Å². The fourth-order valence-electron chi connectivity index (χ4n) is 5.07. The van der Waals surface area contributed by atoms with E-state index in [4.69, 9.17) is 0 Å². The molecular formula is C31H29FN6O2S. The molecule has 8 nitrogen and oxygen atoms in total. The van der Waals surface area contributed by atoms with E-state index in [9.17, 15) is 12.8 Å². The van der Waals surface area contributed by atoms with Gasteiger partial charge in [-0.25, -0.2) is 12.8 Å². The molecule has 0 radical (unpaired) electrons. The number of aromatic nitrogens is 5. The Morgan fingerprint density at radius 1 is 0.854 bits per heavy atom. The van der Waals surface area contributed by atoms with Crippen LogP contribution in [0.1, 0.15) is 18.1 Å². The Labute approximate surface area is 237 Å². The maximum atomic E-state index is 14.6. The van der Waals surface area contributed by atoms with Gasteiger partial charge in [0, 0.05) is 53.3 Å². The van der Waals surface area contributed by atoms with Crippen molar-refractivity contribution in [1.29, 1.82) is 0 Å². The van der Waals surface area contributed by atoms with Crippen molar-refractivity contribution in [3.63, 3.8) is 0 Å². The molecule has 0 aliphatic carbocycles. The quantitative estimate of drug-likeness (QED) is 0.207. The number of halogens is 1. The largest absolute Gasteiger partial charge is 0.352 e. The molecule has 0 spiro atoms. The first kappa shape index (κ1) is 26.8. The molecule has 6 rings (SSSR count). The molecule has 0 atom stereocenters. The van der Waals surface area contributed by atoms with Crippen molar-refractivity contribution in [3.05, 3.63) is 90.3 Å². The Kier molecular flexibility index (Phi) is 7.10. The molecule has 0 aliphatic heterocycles. The lowest BCUT2D eigenvalue weighted by Crippen LogP contribution is -2.11. The second kappa shape index (κ2) is 10.9. The minimum atomic E-state index is -3.17. The highest BCUT2D eigenvalue weighted by molar-refractivity contribution is 7.90. The molecule has 41 heavy (non-hydrogen) atoms. The molecule has 0 unspecified atom stereocenters. The second-order valence-corrected chi connectivity index (χ2v) is 12.5. The SMILES string of the molecule is CCNCc1cncc(-c2ccc3[nH]nc(-c4cc5c(-c6cc(F)cc(CCS(C)(=O)=O)c6)cncc5[nH]4)c3c2)c1. The van der Waals surface area contributed by atoms with Gasteiger partial charge in [-0.15, -0.1) is 0 Å². The van der Waals surface area contributed by atoms with Gasteiger partial charge < -0.3 is 10.3 Å². The highest BCUT2D eigenvalue weighted by Gasteiger charge is 2.16. The van der Waals surface area contributed by atoms with Crippen molar-refractivity contribution in [3.8, 4) is 33.6 Å². The third kappa shape index (κ3) is 5.75. The Morgan fingerprint density at radius 3 is 2.51 bits per heavy atom. The predicted molar refractivity (Wildman–Crippen MR) is 161 cm³/mol. The van der Waals surface area contributed by atoms with Crippen molar-refractivity contribution in [2.45, 2.75) is 19.9 Å². The van der Waals surface area contributed by atoms with Gasteiger partial charge in [0.25, 0.3) is 0 Å². The monoisotopic (exact) mass is 568 g/mol. The Morgan fingerprint density at radius 2 is 1.68 bits per heavy atom. The smallest absolute Gasteiger partial charge is 0.147 e. The van der Waals surface area contributed by atoms with Gasteiger partial charge >= 0.3 is 0 Å². The maximum Gasteiger partial charge on any atom is 0.147 e. The molecule has 0 bridgehead atoms. The van der Waals surface area contributed by atoms with Crippen LogP contribution in [0.4, 0.5) is 4.39 Å². The number of nitrogens with one attached hydrogen (secondary N) is 3. The molecule has 0 saturated carbocycles. The summed E-state index contributed by atoms with van der Waals surface area (Å²) in [4.78, 5) is 12.2. The maximum absolute atomic E-state index is 14.6. The van der Waals surface area contributed by atoms with Crippen LogP contribution in [0.2, 0.25) is 0 Å². The van der Waals surface area contributed by atoms with Crippen molar-refractivity contribution in [2.75, 3.05) is 18.6 Å². The Balaban J connectivity index is 1.39. The van der Waals surface area contributed by atoms with Gasteiger partial charge in [-0.3, -0.25) is 15.1 Å². The molecule has 6 aromatic rings. The molecule has 208 valence electrons. The van der Waals surface area contributed by atoms with Crippen LogP contribution < -0.4 is 5.32 Å². The summed E-state index contributed by atoms with van der Waals surface area (Å²) in [5, 5.41) is 12.9. The van der Waals surface area contributed by atoms with Gasteiger partial charge in [0.2, 0.25) is 0 Å². The summed E-state index contributed by atoms with van der Waals surface area (Å²) in [6.45, 7) is 3.72. The van der Waals surface area contributed by atoms with E-state index in [-0.39, 0.29) is 12.2 Å². The second-order valence-electron chi connectivity index (χ2n) is 10.3. The summed E-state index contributed by atoms with van der Waals surface area (Å²) in [5.41, 5.74) is 8.41. The van der Waals surface area contributed by atoms with E-state index in [2.05, 4.69) is 55.6 Å². The van der Waals surface area contributed by atoms with Gasteiger partial charge in [-0.2, -0.15) is 5.10 Å². The molecule has 0 fully saturated rings. The topological polar surface area (TPSA) is 116 Å². The lowest BCUT2D eigenvalue weighted by molar-refractivity contribution is 0.600. The molecule has 10 heteroatoms. The van der Waals surface area contributed by atoms with E-state index < -0.39 is 15.7 Å². The van der Waals surface area contributed by atoms with Gasteiger partial charge in [-0.1, -0.05) is 19.1 Å². The molecule has 4 aromatic heterocycles. The average Bonchev–Trinajstić information content (AvgIpc) is 3.58. The minimum Gasteiger partial charge on any atom is -0.352 e. The number of H-pyrrole nitrogens is 2. The highest BCUT2D eigenvalue weighted by Crippen LogP contribution is 2.35. The van der Waals surface area contributed by atoms with Gasteiger partial charge in [0.15, 0.2) is 0 Å². The van der Waals surface area contributed by atoms with Crippen LogP contribution in [-0.2, 0) is 22.8 Å². The predicted octanol–water partition coefficient (Wildman–Crippen LogP) is 5.67. The van der Waals surface area contributed by atoms with Crippen molar-refractivity contribution < 1.29 is 12.8 Å². The summed E-state index contributed by atoms with van der Waals surface area (Å²) < 4.78 is 37.9. The van der Waals surface area contributed by atoms with Crippen LogP contribution in [0.3, 0.4) is 0 Å². The summed E-state index contributed by atoms with van der Waals surface area (Å²) in [5.74, 6) is -0.467. The number of rotatable bonds is 9. The fourth-order valence-corrected chi connectivity index (χ4v) is 5.68. The zero-order valence-electron chi connectivity index (χ0n) is 22.7. The van der Waals surface area contributed by atoms with Crippen LogP contribution in [0.5, 0.6) is 0 Å². The highest BCUT2D eigenvalue weighted by atomic mass is 32.2. The number of benzene rings is 2. The minimum absolute atomic E-state index is 0.0448. The van der Waals surface area contributed by atoms with Crippen LogP contribution in [0.25, 0.3) is 55.4 Å². The van der Waals surface area contributed by atoms with Gasteiger partial charge in [0.1, 0.15) is 21.3 Å². The van der Waals surface area contributed by atoms with Crippen LogP contribution >= 0.6 is 0 Å². The van der Waals surface area contributed by atoms with Crippen LogP contribution in [0, 0.1) is 5.82 Å². The Hall–Kier alpha value is -4.41. The summed E-state index contributed by atoms with van der Waals surface area (Å²) in [6, 6.07) is 15.0. The number of hydrogen-bond donors (Lipinski definition) is 3. The average molecular weight is 569 g/mol. The standard InChI is InChI=1S/C31H29FN6O2S/c1-3-33-14-20-9-23(16-34-15-20)21-4-5-28-26(12-21)31(38-37-28)29-13-25-27(17-35-18-30(25)36-29)22-8-19(10-24(32)11-22)6-7-41(2,39)40/h4-5,8-13,15-18,33,36H,3,6-7,14H2,1-2H3,(H,37,38). The van der Waals surface area contributed by atoms with E-state index in [1.807, 2.05) is 30.6 Å². The number of sulfone groups is 1. The van der Waals surface area contributed by atoms with Crippen LogP contribution in [0.15, 0.2) is 73.3 Å². The van der Waals surface area contributed by atoms with E-state index in [1.54, 1.807) is 12.4 Å². The van der Waals surface area contributed by atoms with Gasteiger partial charge in [0.05, 0.1) is 28.7 Å². The van der Waals surface area contributed by atoms with Crippen molar-refractivity contribution >= 4 is 31.6 Å². The summed E-state index contributed by atoms with van der Waals surface area (Å²) in [6.07, 6.45) is 8.58. The molecular weight excluding hydrogens is 539 g/mol. The van der Waals surface area contributed by atoms with Crippen LogP contribution in [-0.4, -0.2) is 52.1 Å². The molecule has 0 aliphatic rings. The number of aryl methyl sites for hydroxylation is 1. The number of hydrogen-bond acceptors (Lipinski definition) is 6. The van der Waals surface area contributed by atoms with E-state index in [1.165, 1.54) is 18.4 Å². The third-order valence-electron chi connectivity index (χ3n) is 7.10. The first-order valence-corrected chi connectivity index (χ1v) is 15.4.